The molecule has 0 aliphatic heterocycles. The van der Waals surface area contributed by atoms with E-state index in [1.807, 2.05) is 89.5 Å². The van der Waals surface area contributed by atoms with Gasteiger partial charge in [0.15, 0.2) is 0 Å². The Balaban J connectivity index is 1.64. The first-order valence-corrected chi connectivity index (χ1v) is 9.59. The van der Waals surface area contributed by atoms with Crippen LogP contribution in [0.3, 0.4) is 0 Å². The highest BCUT2D eigenvalue weighted by Crippen LogP contribution is 2.26. The monoisotopic (exact) mass is 385 g/mol. The van der Waals surface area contributed by atoms with Gasteiger partial charge in [-0.3, -0.25) is 4.79 Å². The molecule has 1 atom stereocenters. The summed E-state index contributed by atoms with van der Waals surface area (Å²) in [6.45, 7) is 0.645. The van der Waals surface area contributed by atoms with E-state index in [0.29, 0.717) is 12.4 Å². The number of rotatable bonds is 6. The molecule has 5 nitrogen and oxygen atoms in total. The average Bonchev–Trinajstić information content (AvgIpc) is 3.13. The number of imidazole rings is 1. The lowest BCUT2D eigenvalue weighted by Crippen LogP contribution is -2.30. The van der Waals surface area contributed by atoms with E-state index in [1.165, 1.54) is 0 Å². The number of benzene rings is 3. The first-order valence-electron chi connectivity index (χ1n) is 9.59. The molecular weight excluding hydrogens is 362 g/mol. The van der Waals surface area contributed by atoms with E-state index in [-0.39, 0.29) is 12.5 Å². The van der Waals surface area contributed by atoms with Crippen molar-refractivity contribution in [1.82, 2.24) is 14.5 Å². The fraction of sp³-hybridized carbons (Fsp3) is 0.167. The summed E-state index contributed by atoms with van der Waals surface area (Å²) in [5.74, 6) is 0.428. The van der Waals surface area contributed by atoms with Gasteiger partial charge in [-0.15, -0.1) is 0 Å². The van der Waals surface area contributed by atoms with Crippen LogP contribution in [0.4, 0.5) is 0 Å². The van der Waals surface area contributed by atoms with E-state index in [9.17, 15) is 9.90 Å². The molecular formula is C24H23N3O2. The molecule has 3 aromatic carbocycles. The van der Waals surface area contributed by atoms with Crippen LogP contribution in [0.15, 0.2) is 84.9 Å². The Labute approximate surface area is 169 Å². The third-order valence-corrected chi connectivity index (χ3v) is 5.03. The first kappa shape index (κ1) is 18.9. The number of aromatic nitrogens is 2. The normalized spacial score (nSPS) is 12.1. The fourth-order valence-electron chi connectivity index (χ4n) is 3.45. The lowest BCUT2D eigenvalue weighted by atomic mass is 10.1. The Morgan fingerprint density at radius 2 is 1.59 bits per heavy atom. The highest BCUT2D eigenvalue weighted by atomic mass is 16.3. The summed E-state index contributed by atoms with van der Waals surface area (Å²) in [6, 6.07) is 26.9. The van der Waals surface area contributed by atoms with Crippen molar-refractivity contribution in [2.75, 3.05) is 7.05 Å². The van der Waals surface area contributed by atoms with Gasteiger partial charge in [0.25, 0.3) is 0 Å². The largest absolute Gasteiger partial charge is 0.380 e. The first-order chi connectivity index (χ1) is 14.1. The lowest BCUT2D eigenvalue weighted by Gasteiger charge is -2.20. The summed E-state index contributed by atoms with van der Waals surface area (Å²) < 4.78 is 1.82. The maximum Gasteiger partial charge on any atom is 0.242 e. The molecule has 29 heavy (non-hydrogen) atoms. The predicted octanol–water partition coefficient (Wildman–Crippen LogP) is 3.78. The number of nitrogens with zero attached hydrogens (tertiary/aromatic N) is 3. The molecule has 1 amide bonds. The summed E-state index contributed by atoms with van der Waals surface area (Å²) in [4.78, 5) is 19.3. The summed E-state index contributed by atoms with van der Waals surface area (Å²) >= 11 is 0. The molecule has 0 saturated heterocycles. The number of para-hydroxylation sites is 2. The smallest absolute Gasteiger partial charge is 0.242 e. The molecule has 1 N–H and O–H groups in total. The number of amides is 1. The molecule has 0 saturated carbocycles. The van der Waals surface area contributed by atoms with Crippen molar-refractivity contribution in [3.05, 3.63) is 102 Å². The van der Waals surface area contributed by atoms with Crippen molar-refractivity contribution < 1.29 is 9.90 Å². The highest BCUT2D eigenvalue weighted by molar-refractivity contribution is 5.81. The standard InChI is InChI=1S/C24H23N3O2/c1-26(16-18-10-4-2-5-11-18)22(28)17-27-21-15-9-8-14-20(21)25-24(27)23(29)19-12-6-3-7-13-19/h2-15,23,29H,16-17H2,1H3. The summed E-state index contributed by atoms with van der Waals surface area (Å²) in [7, 11) is 1.79. The van der Waals surface area contributed by atoms with Crippen LogP contribution >= 0.6 is 0 Å². The lowest BCUT2D eigenvalue weighted by molar-refractivity contribution is -0.131. The van der Waals surface area contributed by atoms with Crippen LogP contribution < -0.4 is 0 Å². The minimum Gasteiger partial charge on any atom is -0.380 e. The molecule has 5 heteroatoms. The molecule has 4 rings (SSSR count). The van der Waals surface area contributed by atoms with Gasteiger partial charge in [-0.2, -0.15) is 0 Å². The molecule has 0 spiro atoms. The second-order valence-electron chi connectivity index (χ2n) is 7.09. The Morgan fingerprint density at radius 1 is 0.966 bits per heavy atom. The number of carbonyl (C=O) groups excluding carboxylic acids is 1. The van der Waals surface area contributed by atoms with Gasteiger partial charge < -0.3 is 14.6 Å². The van der Waals surface area contributed by atoms with Crippen molar-refractivity contribution >= 4 is 16.9 Å². The van der Waals surface area contributed by atoms with E-state index in [4.69, 9.17) is 0 Å². The van der Waals surface area contributed by atoms with Crippen molar-refractivity contribution in [2.45, 2.75) is 19.2 Å². The summed E-state index contributed by atoms with van der Waals surface area (Å²) in [6.07, 6.45) is -0.907. The minimum atomic E-state index is -0.907. The van der Waals surface area contributed by atoms with E-state index >= 15 is 0 Å². The molecule has 1 heterocycles. The molecule has 0 bridgehead atoms. The zero-order valence-corrected chi connectivity index (χ0v) is 16.3. The van der Waals surface area contributed by atoms with Crippen LogP contribution in [0.5, 0.6) is 0 Å². The summed E-state index contributed by atoms with van der Waals surface area (Å²) in [5.41, 5.74) is 3.41. The topological polar surface area (TPSA) is 58.4 Å². The number of hydrogen-bond donors (Lipinski definition) is 1. The van der Waals surface area contributed by atoms with E-state index in [2.05, 4.69) is 4.98 Å². The summed E-state index contributed by atoms with van der Waals surface area (Å²) in [5, 5.41) is 11.0. The number of hydrogen-bond acceptors (Lipinski definition) is 3. The molecule has 0 radical (unpaired) electrons. The van der Waals surface area contributed by atoms with Crippen LogP contribution in [0.1, 0.15) is 23.1 Å². The average molecular weight is 385 g/mol. The number of aliphatic hydroxyl groups excluding tert-OH is 1. The third-order valence-electron chi connectivity index (χ3n) is 5.03. The molecule has 1 unspecified atom stereocenters. The maximum absolute atomic E-state index is 13.0. The van der Waals surface area contributed by atoms with Crippen molar-refractivity contribution in [2.24, 2.45) is 0 Å². The van der Waals surface area contributed by atoms with Crippen molar-refractivity contribution in [3.63, 3.8) is 0 Å². The van der Waals surface area contributed by atoms with Gasteiger partial charge in [-0.25, -0.2) is 4.98 Å². The highest BCUT2D eigenvalue weighted by Gasteiger charge is 2.22. The number of fused-ring (bicyclic) bond motifs is 1. The van der Waals surface area contributed by atoms with Crippen molar-refractivity contribution in [1.29, 1.82) is 0 Å². The van der Waals surface area contributed by atoms with E-state index < -0.39 is 6.10 Å². The van der Waals surface area contributed by atoms with E-state index in [1.54, 1.807) is 11.9 Å². The van der Waals surface area contributed by atoms with Crippen molar-refractivity contribution in [3.8, 4) is 0 Å². The minimum absolute atomic E-state index is 0.0430. The Hall–Kier alpha value is -3.44. The van der Waals surface area contributed by atoms with Gasteiger partial charge in [-0.1, -0.05) is 72.8 Å². The fourth-order valence-corrected chi connectivity index (χ4v) is 3.45. The number of likely N-dealkylation sites (N-methyl/N-ethyl adjacent to an activating group) is 1. The van der Waals surface area contributed by atoms with Crippen LogP contribution in [0.25, 0.3) is 11.0 Å². The zero-order chi connectivity index (χ0) is 20.2. The molecule has 146 valence electrons. The van der Waals surface area contributed by atoms with Gasteiger partial charge in [0.2, 0.25) is 5.91 Å². The van der Waals surface area contributed by atoms with Gasteiger partial charge in [-0.05, 0) is 23.3 Å². The quantitative estimate of drug-likeness (QED) is 0.550. The van der Waals surface area contributed by atoms with Gasteiger partial charge >= 0.3 is 0 Å². The molecule has 4 aromatic rings. The Bertz CT molecular complexity index is 1110. The predicted molar refractivity (Wildman–Crippen MR) is 113 cm³/mol. The zero-order valence-electron chi connectivity index (χ0n) is 16.3. The van der Waals surface area contributed by atoms with Gasteiger partial charge in [0, 0.05) is 13.6 Å². The molecule has 0 fully saturated rings. The van der Waals surface area contributed by atoms with Gasteiger partial charge in [0.05, 0.1) is 11.0 Å². The molecule has 0 aliphatic carbocycles. The Morgan fingerprint density at radius 3 is 2.31 bits per heavy atom. The van der Waals surface area contributed by atoms with Gasteiger partial charge in [0.1, 0.15) is 18.5 Å². The van der Waals surface area contributed by atoms with E-state index in [0.717, 1.165) is 22.2 Å². The molecule has 1 aromatic heterocycles. The van der Waals surface area contributed by atoms with Crippen LogP contribution in [0, 0.1) is 0 Å². The number of carbonyl (C=O) groups is 1. The second kappa shape index (κ2) is 8.29. The number of aliphatic hydroxyl groups is 1. The third kappa shape index (κ3) is 4.05. The SMILES string of the molecule is CN(Cc1ccccc1)C(=O)Cn1c(C(O)c2ccccc2)nc2ccccc21. The van der Waals surface area contributed by atoms with Crippen LogP contribution in [-0.2, 0) is 17.9 Å². The Kier molecular flexibility index (Phi) is 5.40. The van der Waals surface area contributed by atoms with Crippen LogP contribution in [-0.4, -0.2) is 32.5 Å². The molecule has 0 aliphatic rings. The maximum atomic E-state index is 13.0. The van der Waals surface area contributed by atoms with Crippen LogP contribution in [0.2, 0.25) is 0 Å². The second-order valence-corrected chi connectivity index (χ2v) is 7.09.